The van der Waals surface area contributed by atoms with Gasteiger partial charge in [-0.1, -0.05) is 0 Å². The Morgan fingerprint density at radius 3 is 1.82 bits per heavy atom. The second kappa shape index (κ2) is 4.26. The summed E-state index contributed by atoms with van der Waals surface area (Å²) < 4.78 is 69.8. The molecule has 0 saturated carbocycles. The van der Waals surface area contributed by atoms with Crippen molar-refractivity contribution in [1.29, 1.82) is 0 Å². The predicted octanol–water partition coefficient (Wildman–Crippen LogP) is -0.188. The van der Waals surface area contributed by atoms with Crippen LogP contribution >= 0.6 is 0 Å². The molecule has 0 heterocycles. The van der Waals surface area contributed by atoms with Crippen LogP contribution in [0.2, 0.25) is 0 Å². The summed E-state index contributed by atoms with van der Waals surface area (Å²) in [5.41, 5.74) is 0.00394. The van der Waals surface area contributed by atoms with Gasteiger partial charge in [-0.15, -0.1) is 0 Å². The van der Waals surface area contributed by atoms with Gasteiger partial charge in [0, 0.05) is 0 Å². The van der Waals surface area contributed by atoms with Crippen molar-refractivity contribution in [3.8, 4) is 5.75 Å². The van der Waals surface area contributed by atoms with Crippen LogP contribution in [0.5, 0.6) is 5.75 Å². The second-order valence-corrected chi connectivity index (χ2v) is 5.87. The molecule has 1 aromatic rings. The average molecular weight is 280 g/mol. The van der Waals surface area contributed by atoms with Gasteiger partial charge in [0.05, 0.1) is 16.9 Å². The molecule has 96 valence electrons. The number of hydrogen-bond acceptors (Lipinski definition) is 7. The summed E-state index contributed by atoms with van der Waals surface area (Å²) in [7, 11) is -8.65. The molecule has 7 nitrogen and oxygen atoms in total. The van der Waals surface area contributed by atoms with Crippen LogP contribution in [0.1, 0.15) is 5.56 Å². The lowest BCUT2D eigenvalue weighted by Crippen LogP contribution is -2.07. The molecule has 0 amide bonds. The van der Waals surface area contributed by atoms with Gasteiger partial charge < -0.3 is 13.8 Å². The van der Waals surface area contributed by atoms with Gasteiger partial charge in [0.2, 0.25) is 0 Å². The molecule has 0 aromatic heterocycles. The van der Waals surface area contributed by atoms with Crippen molar-refractivity contribution in [3.63, 3.8) is 0 Å². The Morgan fingerprint density at radius 2 is 1.47 bits per heavy atom. The molecule has 0 saturated heterocycles. The minimum atomic E-state index is -4.92. The van der Waals surface area contributed by atoms with E-state index in [2.05, 4.69) is 4.74 Å². The molecule has 1 rings (SSSR count). The number of methoxy groups -OCH3 is 1. The second-order valence-electron chi connectivity index (χ2n) is 3.18. The Balaban J connectivity index is 3.73. The first-order chi connectivity index (χ1) is 7.57. The standard InChI is InChI=1S/C8H10O7S2/c1-5-3-6(15-2)8(17(12,13)14)4-7(5)16(9,10)11/h3-4H,1-2H3,(H,9,10,11)(H,12,13,14)/p-2. The Kier molecular flexibility index (Phi) is 3.48. The van der Waals surface area contributed by atoms with Crippen molar-refractivity contribution in [2.75, 3.05) is 7.11 Å². The maximum atomic E-state index is 10.9. The van der Waals surface area contributed by atoms with E-state index in [0.29, 0.717) is 6.07 Å². The fourth-order valence-corrected chi connectivity index (χ4v) is 2.71. The molecular weight excluding hydrogens is 272 g/mol. The molecule has 0 bridgehead atoms. The normalized spacial score (nSPS) is 12.5. The zero-order valence-electron chi connectivity index (χ0n) is 8.83. The van der Waals surface area contributed by atoms with E-state index in [1.54, 1.807) is 0 Å². The lowest BCUT2D eigenvalue weighted by Gasteiger charge is -2.17. The van der Waals surface area contributed by atoms with Crippen molar-refractivity contribution >= 4 is 20.2 Å². The Labute approximate surface area is 98.5 Å². The number of benzene rings is 1. The number of aryl methyl sites for hydroxylation is 1. The quantitative estimate of drug-likeness (QED) is 0.703. The molecule has 9 heteroatoms. The first-order valence-electron chi connectivity index (χ1n) is 4.18. The largest absolute Gasteiger partial charge is 0.744 e. The molecule has 0 spiro atoms. The average Bonchev–Trinajstić information content (AvgIpc) is 2.13. The van der Waals surface area contributed by atoms with Crippen molar-refractivity contribution in [2.24, 2.45) is 0 Å². The summed E-state index contributed by atoms with van der Waals surface area (Å²) in [6.07, 6.45) is 0. The van der Waals surface area contributed by atoms with Gasteiger partial charge in [-0.3, -0.25) is 0 Å². The third-order valence-corrected chi connectivity index (χ3v) is 3.84. The van der Waals surface area contributed by atoms with Crippen LogP contribution in [0.4, 0.5) is 0 Å². The summed E-state index contributed by atoms with van der Waals surface area (Å²) in [6, 6.07) is 1.52. The summed E-state index contributed by atoms with van der Waals surface area (Å²) in [5, 5.41) is 0. The predicted molar refractivity (Wildman–Crippen MR) is 53.7 cm³/mol. The van der Waals surface area contributed by atoms with Gasteiger partial charge >= 0.3 is 0 Å². The summed E-state index contributed by atoms with van der Waals surface area (Å²) in [4.78, 5) is -1.63. The van der Waals surface area contributed by atoms with Gasteiger partial charge in [0.15, 0.2) is 0 Å². The number of rotatable bonds is 3. The number of hydrogen-bond donors (Lipinski definition) is 0. The first kappa shape index (κ1) is 13.9. The third-order valence-electron chi connectivity index (χ3n) is 2.00. The highest BCUT2D eigenvalue weighted by molar-refractivity contribution is 7.86. The van der Waals surface area contributed by atoms with Crippen molar-refractivity contribution < 1.29 is 30.7 Å². The van der Waals surface area contributed by atoms with E-state index in [9.17, 15) is 25.9 Å². The maximum absolute atomic E-state index is 10.9. The van der Waals surface area contributed by atoms with Crippen LogP contribution in [0.3, 0.4) is 0 Å². The first-order valence-corrected chi connectivity index (χ1v) is 6.99. The van der Waals surface area contributed by atoms with Crippen LogP contribution < -0.4 is 4.74 Å². The van der Waals surface area contributed by atoms with Crippen LogP contribution in [-0.2, 0) is 20.2 Å². The Hall–Kier alpha value is -1.16. The molecule has 0 aliphatic rings. The van der Waals surface area contributed by atoms with E-state index in [-0.39, 0.29) is 11.3 Å². The molecule has 0 unspecified atom stereocenters. The molecule has 0 aliphatic carbocycles. The van der Waals surface area contributed by atoms with Gasteiger partial charge in [0.25, 0.3) is 0 Å². The molecule has 0 atom stereocenters. The Morgan fingerprint density at radius 1 is 1.00 bits per heavy atom. The zero-order chi connectivity index (χ0) is 13.4. The van der Waals surface area contributed by atoms with Crippen molar-refractivity contribution in [3.05, 3.63) is 17.7 Å². The zero-order valence-corrected chi connectivity index (χ0v) is 10.5. The van der Waals surface area contributed by atoms with E-state index in [0.717, 1.165) is 13.2 Å². The molecule has 17 heavy (non-hydrogen) atoms. The monoisotopic (exact) mass is 280 g/mol. The van der Waals surface area contributed by atoms with Gasteiger partial charge in [0.1, 0.15) is 26.0 Å². The molecule has 0 fully saturated rings. The van der Waals surface area contributed by atoms with E-state index in [1.807, 2.05) is 0 Å². The van der Waals surface area contributed by atoms with E-state index >= 15 is 0 Å². The SMILES string of the molecule is COc1cc(C)c(S(=O)(=O)[O-])cc1S(=O)(=O)[O-]. The van der Waals surface area contributed by atoms with Crippen LogP contribution in [0, 0.1) is 6.92 Å². The highest BCUT2D eigenvalue weighted by atomic mass is 32.2. The molecular formula is C8H8O7S2-2. The minimum Gasteiger partial charge on any atom is -0.744 e. The molecule has 0 aliphatic heterocycles. The van der Waals surface area contributed by atoms with E-state index in [4.69, 9.17) is 0 Å². The van der Waals surface area contributed by atoms with Crippen LogP contribution in [-0.4, -0.2) is 33.1 Å². The maximum Gasteiger partial charge on any atom is 0.136 e. The lowest BCUT2D eigenvalue weighted by atomic mass is 10.2. The van der Waals surface area contributed by atoms with Gasteiger partial charge in [-0.05, 0) is 24.6 Å². The van der Waals surface area contributed by atoms with Crippen molar-refractivity contribution in [2.45, 2.75) is 16.7 Å². The Bertz CT molecular complexity index is 643. The van der Waals surface area contributed by atoms with Gasteiger partial charge in [-0.2, -0.15) is 0 Å². The fraction of sp³-hybridized carbons (Fsp3) is 0.250. The molecule has 0 radical (unpaired) electrons. The van der Waals surface area contributed by atoms with E-state index in [1.165, 1.54) is 6.92 Å². The summed E-state index contributed by atoms with van der Waals surface area (Å²) >= 11 is 0. The topological polar surface area (TPSA) is 124 Å². The van der Waals surface area contributed by atoms with Crippen LogP contribution in [0.25, 0.3) is 0 Å². The molecule has 0 N–H and O–H groups in total. The van der Waals surface area contributed by atoms with E-state index < -0.39 is 30.0 Å². The van der Waals surface area contributed by atoms with Crippen LogP contribution in [0.15, 0.2) is 21.9 Å². The minimum absolute atomic E-state index is 0.00394. The molecule has 1 aromatic carbocycles. The summed E-state index contributed by atoms with van der Waals surface area (Å²) in [5.74, 6) is -0.301. The lowest BCUT2D eigenvalue weighted by molar-refractivity contribution is 0.394. The summed E-state index contributed by atoms with van der Waals surface area (Å²) in [6.45, 7) is 1.29. The highest BCUT2D eigenvalue weighted by Crippen LogP contribution is 2.29. The van der Waals surface area contributed by atoms with Crippen molar-refractivity contribution in [1.82, 2.24) is 0 Å². The highest BCUT2D eigenvalue weighted by Gasteiger charge is 2.16. The van der Waals surface area contributed by atoms with Gasteiger partial charge in [-0.25, -0.2) is 16.8 Å². The third kappa shape index (κ3) is 2.94. The fourth-order valence-electron chi connectivity index (χ4n) is 1.27. The number of ether oxygens (including phenoxy) is 1. The smallest absolute Gasteiger partial charge is 0.136 e.